The number of benzene rings is 1. The molecular weight excluding hydrogens is 366 g/mol. The molecule has 0 unspecified atom stereocenters. The summed E-state index contributed by atoms with van der Waals surface area (Å²) in [5.74, 6) is 0. The Labute approximate surface area is 151 Å². The van der Waals surface area contributed by atoms with Crippen molar-refractivity contribution in [2.45, 2.75) is 37.3 Å². The summed E-state index contributed by atoms with van der Waals surface area (Å²) >= 11 is 0. The van der Waals surface area contributed by atoms with E-state index in [9.17, 15) is 28.4 Å². The van der Waals surface area contributed by atoms with Gasteiger partial charge in [0, 0.05) is 6.07 Å². The van der Waals surface area contributed by atoms with Gasteiger partial charge in [-0.25, -0.2) is 18.6 Å². The minimum Gasteiger partial charge on any atom is -0.443 e. The zero-order valence-electron chi connectivity index (χ0n) is 14.6. The number of nitrogens with one attached hydrogen (secondary N) is 1. The van der Waals surface area contributed by atoms with E-state index in [4.69, 9.17) is 4.74 Å². The molecule has 0 aliphatic rings. The summed E-state index contributed by atoms with van der Waals surface area (Å²) in [4.78, 5) is 21.7. The van der Waals surface area contributed by atoms with Gasteiger partial charge in [0.15, 0.2) is 4.90 Å². The van der Waals surface area contributed by atoms with Crippen LogP contribution in [0.25, 0.3) is 0 Å². The molecule has 0 aliphatic carbocycles. The molecule has 0 aromatic heterocycles. The molecule has 26 heavy (non-hydrogen) atoms. The highest BCUT2D eigenvalue weighted by atomic mass is 32.2. The highest BCUT2D eigenvalue weighted by Crippen LogP contribution is 2.27. The minimum absolute atomic E-state index is 0.385. The lowest BCUT2D eigenvalue weighted by Gasteiger charge is -2.29. The van der Waals surface area contributed by atoms with E-state index in [1.54, 1.807) is 20.8 Å². The number of nitrogens with zero attached hydrogens (tertiary/aromatic N) is 2. The molecule has 1 atom stereocenters. The number of nitro benzene ring substituents is 1. The average molecular weight is 387 g/mol. The van der Waals surface area contributed by atoms with Gasteiger partial charge in [0.05, 0.1) is 17.6 Å². The Morgan fingerprint density at radius 1 is 1.46 bits per heavy atom. The first kappa shape index (κ1) is 21.5. The van der Waals surface area contributed by atoms with Gasteiger partial charge in [-0.1, -0.05) is 22.6 Å². The van der Waals surface area contributed by atoms with Gasteiger partial charge in [0.1, 0.15) is 5.60 Å². The molecule has 2 N–H and O–H groups in total. The Morgan fingerprint density at radius 3 is 2.50 bits per heavy atom. The quantitative estimate of drug-likeness (QED) is 0.411. The highest BCUT2D eigenvalue weighted by molar-refractivity contribution is 7.89. The monoisotopic (exact) mass is 387 g/mol. The number of aliphatic hydroxyl groups excluding tert-OH is 1. The van der Waals surface area contributed by atoms with Crippen LogP contribution in [0.3, 0.4) is 0 Å². The zero-order valence-corrected chi connectivity index (χ0v) is 15.4. The van der Waals surface area contributed by atoms with E-state index in [2.05, 4.69) is 6.58 Å². The molecule has 0 saturated heterocycles. The average Bonchev–Trinajstić information content (AvgIpc) is 2.53. The van der Waals surface area contributed by atoms with Gasteiger partial charge in [-0.05, 0) is 26.8 Å². The minimum atomic E-state index is -4.60. The van der Waals surface area contributed by atoms with E-state index in [1.165, 1.54) is 12.1 Å². The number of nitro groups is 1. The number of carbonyl (C=O) groups excluding carboxylic acids is 1. The zero-order chi connectivity index (χ0) is 20.1. The molecule has 1 rings (SSSR count). The second-order valence-electron chi connectivity index (χ2n) is 6.13. The van der Waals surface area contributed by atoms with E-state index < -0.39 is 49.9 Å². The molecule has 0 fully saturated rings. The summed E-state index contributed by atoms with van der Waals surface area (Å²) in [5, 5.41) is 20.6. The number of sulfonamides is 1. The molecule has 0 spiro atoms. The van der Waals surface area contributed by atoms with Crippen molar-refractivity contribution in [1.29, 1.82) is 0 Å². The van der Waals surface area contributed by atoms with Crippen LogP contribution in [-0.2, 0) is 14.8 Å². The van der Waals surface area contributed by atoms with E-state index in [0.29, 0.717) is 4.41 Å². The number of aliphatic hydroxyl groups is 1. The van der Waals surface area contributed by atoms with Crippen molar-refractivity contribution in [1.82, 2.24) is 9.84 Å². The maximum atomic E-state index is 12.9. The van der Waals surface area contributed by atoms with Crippen molar-refractivity contribution in [3.05, 3.63) is 47.0 Å². The fourth-order valence-electron chi connectivity index (χ4n) is 1.89. The first-order valence-electron chi connectivity index (χ1n) is 7.45. The van der Waals surface area contributed by atoms with Crippen LogP contribution in [0.2, 0.25) is 0 Å². The van der Waals surface area contributed by atoms with Crippen LogP contribution < -0.4 is 5.43 Å². The van der Waals surface area contributed by atoms with Crippen molar-refractivity contribution in [2.24, 2.45) is 0 Å². The Bertz CT molecular complexity index is 787. The predicted octanol–water partition coefficient (Wildman–Crippen LogP) is 1.57. The van der Waals surface area contributed by atoms with E-state index in [1.807, 2.05) is 5.43 Å². The number of hydrogen-bond donors (Lipinski definition) is 2. The summed E-state index contributed by atoms with van der Waals surface area (Å²) in [6.45, 7) is 7.41. The lowest BCUT2D eigenvalue weighted by atomic mass is 10.2. The molecular formula is C15H21N3O7S. The number of hydrazine groups is 1. The molecule has 0 bridgehead atoms. The molecule has 0 radical (unpaired) electrons. The Balaban J connectivity index is 3.40. The van der Waals surface area contributed by atoms with Gasteiger partial charge in [0.25, 0.3) is 15.7 Å². The van der Waals surface area contributed by atoms with Gasteiger partial charge >= 0.3 is 6.09 Å². The molecule has 0 aliphatic heterocycles. The number of para-hydroxylation sites is 1. The van der Waals surface area contributed by atoms with Crippen LogP contribution in [0.5, 0.6) is 0 Å². The van der Waals surface area contributed by atoms with Crippen LogP contribution in [-0.4, -0.2) is 47.2 Å². The lowest BCUT2D eigenvalue weighted by molar-refractivity contribution is -0.387. The Hall–Kier alpha value is -2.50. The molecule has 144 valence electrons. The standard InChI is InChI=1S/C15H21N3O7S/c1-5-11(10-19)17(16-14(20)25-15(2,3)4)26(23,24)13-9-7-6-8-12(13)18(21)22/h5-9,11,19H,1,10H2,2-4H3,(H,16,20)/t11-/m0/s1. The van der Waals surface area contributed by atoms with Crippen molar-refractivity contribution in [3.8, 4) is 0 Å². The van der Waals surface area contributed by atoms with Crippen molar-refractivity contribution in [2.75, 3.05) is 6.61 Å². The maximum absolute atomic E-state index is 12.9. The third-order valence-electron chi connectivity index (χ3n) is 2.96. The molecule has 1 aromatic rings. The van der Waals surface area contributed by atoms with Crippen LogP contribution in [0.4, 0.5) is 10.5 Å². The van der Waals surface area contributed by atoms with Crippen molar-refractivity contribution >= 4 is 21.8 Å². The molecule has 10 nitrogen and oxygen atoms in total. The smallest absolute Gasteiger partial charge is 0.423 e. The van der Waals surface area contributed by atoms with Crippen LogP contribution in [0.1, 0.15) is 20.8 Å². The normalized spacial score (nSPS) is 13.1. The lowest BCUT2D eigenvalue weighted by Crippen LogP contribution is -2.53. The number of rotatable bonds is 7. The Morgan fingerprint density at radius 2 is 2.04 bits per heavy atom. The molecule has 11 heteroatoms. The third kappa shape index (κ3) is 5.25. The van der Waals surface area contributed by atoms with Gasteiger partial charge in [-0.15, -0.1) is 6.58 Å². The SMILES string of the molecule is C=C[C@@H](CO)N(NC(=O)OC(C)(C)C)S(=O)(=O)c1ccccc1[N+](=O)[O-]. The topological polar surface area (TPSA) is 139 Å². The van der Waals surface area contributed by atoms with Crippen LogP contribution in [0, 0.1) is 10.1 Å². The number of carbonyl (C=O) groups is 1. The number of amides is 1. The van der Waals surface area contributed by atoms with E-state index in [0.717, 1.165) is 18.2 Å². The number of ether oxygens (including phenoxy) is 1. The predicted molar refractivity (Wildman–Crippen MR) is 92.6 cm³/mol. The fraction of sp³-hybridized carbons (Fsp3) is 0.400. The number of hydrogen-bond acceptors (Lipinski definition) is 7. The van der Waals surface area contributed by atoms with Gasteiger partial charge < -0.3 is 9.84 Å². The second-order valence-corrected chi connectivity index (χ2v) is 7.91. The van der Waals surface area contributed by atoms with Crippen LogP contribution >= 0.6 is 0 Å². The maximum Gasteiger partial charge on any atom is 0.423 e. The third-order valence-corrected chi connectivity index (χ3v) is 4.74. The second kappa shape index (κ2) is 8.25. The molecule has 1 amide bonds. The first-order valence-corrected chi connectivity index (χ1v) is 8.89. The summed E-state index contributed by atoms with van der Waals surface area (Å²) in [5.41, 5.74) is 0.419. The van der Waals surface area contributed by atoms with Gasteiger partial charge in [-0.2, -0.15) is 0 Å². The van der Waals surface area contributed by atoms with Gasteiger partial charge in [-0.3, -0.25) is 10.1 Å². The highest BCUT2D eigenvalue weighted by Gasteiger charge is 2.37. The van der Waals surface area contributed by atoms with Crippen molar-refractivity contribution < 1.29 is 28.0 Å². The van der Waals surface area contributed by atoms with E-state index >= 15 is 0 Å². The molecule has 0 saturated carbocycles. The first-order chi connectivity index (χ1) is 11.9. The van der Waals surface area contributed by atoms with Crippen molar-refractivity contribution in [3.63, 3.8) is 0 Å². The fourth-order valence-corrected chi connectivity index (χ4v) is 3.46. The Kier molecular flexibility index (Phi) is 6.84. The van der Waals surface area contributed by atoms with E-state index in [-0.39, 0.29) is 0 Å². The van der Waals surface area contributed by atoms with Gasteiger partial charge in [0.2, 0.25) is 0 Å². The largest absolute Gasteiger partial charge is 0.443 e. The molecule has 0 heterocycles. The van der Waals surface area contributed by atoms with Crippen LogP contribution in [0.15, 0.2) is 41.8 Å². The molecule has 1 aromatic carbocycles. The summed E-state index contributed by atoms with van der Waals surface area (Å²) in [7, 11) is -4.60. The summed E-state index contributed by atoms with van der Waals surface area (Å²) in [6.07, 6.45) is -0.0380. The summed E-state index contributed by atoms with van der Waals surface area (Å²) < 4.78 is 31.2. The summed E-state index contributed by atoms with van der Waals surface area (Å²) in [6, 6.07) is 3.37.